The Morgan fingerprint density at radius 3 is 3.18 bits per heavy atom. The molecule has 2 heterocycles. The van der Waals surface area contributed by atoms with Gasteiger partial charge in [0.15, 0.2) is 0 Å². The molecule has 3 N–H and O–H groups in total. The van der Waals surface area contributed by atoms with Crippen molar-refractivity contribution < 1.29 is 9.90 Å². The second-order valence-electron chi connectivity index (χ2n) is 3.57. The van der Waals surface area contributed by atoms with E-state index in [0.717, 1.165) is 16.1 Å². The number of rotatable bonds is 6. The van der Waals surface area contributed by atoms with E-state index in [4.69, 9.17) is 5.11 Å². The molecule has 0 fully saturated rings. The predicted octanol–water partition coefficient (Wildman–Crippen LogP) is 1.70. The maximum atomic E-state index is 10.4. The number of H-pyrrole nitrogens is 1. The van der Waals surface area contributed by atoms with E-state index < -0.39 is 5.97 Å². The maximum absolute atomic E-state index is 10.4. The van der Waals surface area contributed by atoms with E-state index in [2.05, 4.69) is 15.5 Å². The Bertz CT molecular complexity index is 479. The van der Waals surface area contributed by atoms with Crippen molar-refractivity contribution in [2.75, 3.05) is 6.54 Å². The van der Waals surface area contributed by atoms with E-state index in [1.54, 1.807) is 17.5 Å². The highest BCUT2D eigenvalue weighted by Gasteiger charge is 2.08. The minimum atomic E-state index is -0.789. The molecular formula is C11H13N3O2S. The quantitative estimate of drug-likeness (QED) is 0.683. The molecule has 0 aromatic carbocycles. The lowest BCUT2D eigenvalue weighted by Crippen LogP contribution is -2.17. The van der Waals surface area contributed by atoms with E-state index >= 15 is 0 Å². The molecule has 2 aromatic rings. The summed E-state index contributed by atoms with van der Waals surface area (Å²) in [7, 11) is 0. The Labute approximate surface area is 102 Å². The Morgan fingerprint density at radius 1 is 1.59 bits per heavy atom. The lowest BCUT2D eigenvalue weighted by Gasteiger charge is -2.02. The number of carboxylic acids is 1. The summed E-state index contributed by atoms with van der Waals surface area (Å²) in [6.45, 7) is 1.08. The first-order valence-electron chi connectivity index (χ1n) is 5.26. The summed E-state index contributed by atoms with van der Waals surface area (Å²) < 4.78 is 0. The Morgan fingerprint density at radius 2 is 2.47 bits per heavy atom. The highest BCUT2D eigenvalue weighted by Crippen LogP contribution is 2.25. The molecule has 0 atom stereocenters. The zero-order valence-electron chi connectivity index (χ0n) is 9.14. The van der Waals surface area contributed by atoms with Crippen molar-refractivity contribution in [2.45, 2.75) is 13.0 Å². The van der Waals surface area contributed by atoms with Crippen LogP contribution in [0.3, 0.4) is 0 Å². The summed E-state index contributed by atoms with van der Waals surface area (Å²) in [6, 6.07) is 4.02. The van der Waals surface area contributed by atoms with Crippen molar-refractivity contribution in [1.29, 1.82) is 0 Å². The molecule has 17 heavy (non-hydrogen) atoms. The Balaban J connectivity index is 1.93. The number of aliphatic carboxylic acids is 1. The highest BCUT2D eigenvalue weighted by molar-refractivity contribution is 7.13. The van der Waals surface area contributed by atoms with Gasteiger partial charge in [-0.25, -0.2) is 0 Å². The van der Waals surface area contributed by atoms with Crippen molar-refractivity contribution >= 4 is 17.3 Å². The van der Waals surface area contributed by atoms with Gasteiger partial charge in [-0.15, -0.1) is 11.3 Å². The van der Waals surface area contributed by atoms with E-state index in [0.29, 0.717) is 13.1 Å². The van der Waals surface area contributed by atoms with Crippen LogP contribution in [-0.2, 0) is 11.3 Å². The molecule has 0 aliphatic rings. The topological polar surface area (TPSA) is 78.0 Å². The minimum absolute atomic E-state index is 0.131. The van der Waals surface area contributed by atoms with Gasteiger partial charge in [-0.2, -0.15) is 5.10 Å². The summed E-state index contributed by atoms with van der Waals surface area (Å²) in [5.74, 6) is -0.789. The van der Waals surface area contributed by atoms with Crippen LogP contribution in [0, 0.1) is 0 Å². The summed E-state index contributed by atoms with van der Waals surface area (Å²) in [5.41, 5.74) is 2.06. The molecule has 0 unspecified atom stereocenters. The van der Waals surface area contributed by atoms with Crippen LogP contribution in [0.4, 0.5) is 0 Å². The lowest BCUT2D eigenvalue weighted by atomic mass is 10.2. The molecule has 90 valence electrons. The first kappa shape index (κ1) is 11.8. The van der Waals surface area contributed by atoms with Crippen molar-refractivity contribution in [3.8, 4) is 10.6 Å². The third kappa shape index (κ3) is 3.15. The van der Waals surface area contributed by atoms with E-state index in [1.165, 1.54) is 0 Å². The van der Waals surface area contributed by atoms with Crippen LogP contribution < -0.4 is 5.32 Å². The average Bonchev–Trinajstić information content (AvgIpc) is 2.94. The molecule has 0 bridgehead atoms. The fraction of sp³-hybridized carbons (Fsp3) is 0.273. The summed E-state index contributed by atoms with van der Waals surface area (Å²) in [6.07, 6.45) is 1.90. The summed E-state index contributed by atoms with van der Waals surface area (Å²) in [4.78, 5) is 11.5. The highest BCUT2D eigenvalue weighted by atomic mass is 32.1. The number of thiophene rings is 1. The number of nitrogens with zero attached hydrogens (tertiary/aromatic N) is 1. The van der Waals surface area contributed by atoms with Crippen LogP contribution in [0.5, 0.6) is 0 Å². The minimum Gasteiger partial charge on any atom is -0.481 e. The van der Waals surface area contributed by atoms with Gasteiger partial charge in [0.1, 0.15) is 0 Å². The van der Waals surface area contributed by atoms with Gasteiger partial charge in [0.25, 0.3) is 0 Å². The largest absolute Gasteiger partial charge is 0.481 e. The predicted molar refractivity (Wildman–Crippen MR) is 65.9 cm³/mol. The maximum Gasteiger partial charge on any atom is 0.304 e. The average molecular weight is 251 g/mol. The van der Waals surface area contributed by atoms with Gasteiger partial charge >= 0.3 is 5.97 Å². The van der Waals surface area contributed by atoms with E-state index in [1.807, 2.05) is 17.5 Å². The first-order chi connectivity index (χ1) is 8.27. The third-order valence-electron chi connectivity index (χ3n) is 2.32. The molecule has 0 aliphatic carbocycles. The van der Waals surface area contributed by atoms with Gasteiger partial charge < -0.3 is 10.4 Å². The number of hydrogen-bond donors (Lipinski definition) is 3. The van der Waals surface area contributed by atoms with Crippen LogP contribution >= 0.6 is 11.3 Å². The fourth-order valence-electron chi connectivity index (χ4n) is 1.50. The number of aromatic nitrogens is 2. The molecule has 0 saturated carbocycles. The molecule has 0 spiro atoms. The van der Waals surface area contributed by atoms with E-state index in [-0.39, 0.29) is 6.42 Å². The van der Waals surface area contributed by atoms with Crippen molar-refractivity contribution in [3.63, 3.8) is 0 Å². The standard InChI is InChI=1S/C11H13N3O2S/c15-10(16)3-4-12-6-8-7-13-14-11(8)9-2-1-5-17-9/h1-2,5,7,12H,3-4,6H2,(H,13,14)(H,15,16). The van der Waals surface area contributed by atoms with Gasteiger partial charge in [-0.1, -0.05) is 6.07 Å². The lowest BCUT2D eigenvalue weighted by molar-refractivity contribution is -0.136. The molecule has 0 saturated heterocycles. The number of carboxylic acid groups (broad SMARTS) is 1. The Hall–Kier alpha value is -1.66. The second kappa shape index (κ2) is 5.60. The zero-order chi connectivity index (χ0) is 12.1. The van der Waals surface area contributed by atoms with Gasteiger partial charge in [0.05, 0.1) is 23.2 Å². The third-order valence-corrected chi connectivity index (χ3v) is 3.20. The van der Waals surface area contributed by atoms with E-state index in [9.17, 15) is 4.79 Å². The molecule has 6 heteroatoms. The molecule has 2 rings (SSSR count). The monoisotopic (exact) mass is 251 g/mol. The first-order valence-corrected chi connectivity index (χ1v) is 6.14. The smallest absolute Gasteiger partial charge is 0.304 e. The number of aromatic amines is 1. The van der Waals surface area contributed by atoms with Crippen LogP contribution in [0.15, 0.2) is 23.7 Å². The molecule has 2 aromatic heterocycles. The zero-order valence-corrected chi connectivity index (χ0v) is 9.96. The van der Waals surface area contributed by atoms with Crippen LogP contribution in [0.1, 0.15) is 12.0 Å². The SMILES string of the molecule is O=C(O)CCNCc1cn[nH]c1-c1cccs1. The molecule has 5 nitrogen and oxygen atoms in total. The molecular weight excluding hydrogens is 238 g/mol. The van der Waals surface area contributed by atoms with Crippen molar-refractivity contribution in [3.05, 3.63) is 29.3 Å². The van der Waals surface area contributed by atoms with Gasteiger partial charge in [0.2, 0.25) is 0 Å². The van der Waals surface area contributed by atoms with Gasteiger partial charge in [-0.05, 0) is 11.4 Å². The van der Waals surface area contributed by atoms with Gasteiger partial charge in [-0.3, -0.25) is 9.89 Å². The fourth-order valence-corrected chi connectivity index (χ4v) is 2.25. The van der Waals surface area contributed by atoms with Crippen LogP contribution in [-0.4, -0.2) is 27.8 Å². The summed E-state index contributed by atoms with van der Waals surface area (Å²) >= 11 is 1.65. The van der Waals surface area contributed by atoms with Gasteiger partial charge in [0, 0.05) is 18.7 Å². The van der Waals surface area contributed by atoms with Crippen molar-refractivity contribution in [2.24, 2.45) is 0 Å². The number of nitrogens with one attached hydrogen (secondary N) is 2. The molecule has 0 amide bonds. The summed E-state index contributed by atoms with van der Waals surface area (Å²) in [5, 5.41) is 20.6. The Kier molecular flexibility index (Phi) is 3.89. The normalized spacial score (nSPS) is 10.6. The molecule has 0 radical (unpaired) electrons. The second-order valence-corrected chi connectivity index (χ2v) is 4.52. The van der Waals surface area contributed by atoms with Crippen LogP contribution in [0.2, 0.25) is 0 Å². The molecule has 0 aliphatic heterocycles. The van der Waals surface area contributed by atoms with Crippen LogP contribution in [0.25, 0.3) is 10.6 Å². The number of carbonyl (C=O) groups is 1. The number of hydrogen-bond acceptors (Lipinski definition) is 4. The van der Waals surface area contributed by atoms with Crippen molar-refractivity contribution in [1.82, 2.24) is 15.5 Å².